The molecule has 0 saturated carbocycles. The van der Waals surface area contributed by atoms with Gasteiger partial charge in [-0.3, -0.25) is 15.0 Å². The van der Waals surface area contributed by atoms with Gasteiger partial charge in [-0.25, -0.2) is 4.98 Å². The van der Waals surface area contributed by atoms with Gasteiger partial charge < -0.3 is 9.47 Å². The zero-order valence-electron chi connectivity index (χ0n) is 16.8. The number of nitrogens with zero attached hydrogens (tertiary/aromatic N) is 2. The van der Waals surface area contributed by atoms with Crippen LogP contribution in [0, 0.1) is 0 Å². The zero-order valence-corrected chi connectivity index (χ0v) is 18.3. The quantitative estimate of drug-likeness (QED) is 0.463. The second kappa shape index (κ2) is 8.61. The van der Waals surface area contributed by atoms with E-state index in [0.29, 0.717) is 33.8 Å². The maximum absolute atomic E-state index is 13.3. The van der Waals surface area contributed by atoms with E-state index in [1.165, 1.54) is 18.9 Å². The highest BCUT2D eigenvalue weighted by Crippen LogP contribution is 2.24. The summed E-state index contributed by atoms with van der Waals surface area (Å²) in [7, 11) is 3.00. The fraction of sp³-hybridized carbons (Fsp3) is 0.0870. The van der Waals surface area contributed by atoms with Gasteiger partial charge in [0.2, 0.25) is 0 Å². The number of methoxy groups -OCH3 is 2. The summed E-state index contributed by atoms with van der Waals surface area (Å²) in [6, 6.07) is 19.1. The van der Waals surface area contributed by atoms with Crippen LogP contribution in [0.4, 0.5) is 0 Å². The molecule has 31 heavy (non-hydrogen) atoms. The fourth-order valence-electron chi connectivity index (χ4n) is 3.13. The number of rotatable bonds is 5. The Bertz CT molecular complexity index is 1310. The van der Waals surface area contributed by atoms with Crippen molar-refractivity contribution in [2.75, 3.05) is 19.6 Å². The first-order valence-electron chi connectivity index (χ1n) is 9.32. The van der Waals surface area contributed by atoms with Gasteiger partial charge in [0.15, 0.2) is 5.82 Å². The first-order chi connectivity index (χ1) is 15.0. The molecule has 0 aliphatic rings. The van der Waals surface area contributed by atoms with Crippen LogP contribution in [0.1, 0.15) is 10.4 Å². The number of carbonyl (C=O) groups excluding carboxylic acids is 1. The predicted molar refractivity (Wildman–Crippen MR) is 122 cm³/mol. The van der Waals surface area contributed by atoms with Crippen LogP contribution in [0.2, 0.25) is 0 Å². The van der Waals surface area contributed by atoms with Gasteiger partial charge >= 0.3 is 0 Å². The molecule has 3 aromatic carbocycles. The number of halogens is 1. The topological polar surface area (TPSA) is 82.4 Å². The van der Waals surface area contributed by atoms with Crippen molar-refractivity contribution < 1.29 is 14.3 Å². The second-order valence-corrected chi connectivity index (χ2v) is 7.56. The number of nitrogens with one attached hydrogen (secondary N) is 1. The predicted octanol–water partition coefficient (Wildman–Crippen LogP) is 4.23. The molecule has 0 unspecified atom stereocenters. The lowest BCUT2D eigenvalue weighted by Gasteiger charge is -2.15. The van der Waals surface area contributed by atoms with Gasteiger partial charge in [-0.2, -0.15) is 4.68 Å². The second-order valence-electron chi connectivity index (χ2n) is 6.64. The highest BCUT2D eigenvalue weighted by atomic mass is 79.9. The smallest absolute Gasteiger partial charge is 0.280 e. The number of aromatic nitrogens is 2. The largest absolute Gasteiger partial charge is 0.497 e. The minimum absolute atomic E-state index is 0.276. The Morgan fingerprint density at radius 2 is 1.61 bits per heavy atom. The Labute approximate surface area is 186 Å². The van der Waals surface area contributed by atoms with Gasteiger partial charge in [-0.15, -0.1) is 0 Å². The van der Waals surface area contributed by atoms with Gasteiger partial charge in [0.05, 0.1) is 25.1 Å². The lowest BCUT2D eigenvalue weighted by Crippen LogP contribution is -2.35. The molecule has 7 nitrogen and oxygen atoms in total. The Balaban J connectivity index is 1.85. The first-order valence-corrected chi connectivity index (χ1v) is 10.1. The van der Waals surface area contributed by atoms with E-state index < -0.39 is 5.91 Å². The van der Waals surface area contributed by atoms with Crippen molar-refractivity contribution >= 4 is 32.7 Å². The summed E-state index contributed by atoms with van der Waals surface area (Å²) in [6.07, 6.45) is 0. The average Bonchev–Trinajstić information content (AvgIpc) is 2.80. The van der Waals surface area contributed by atoms with Gasteiger partial charge in [0.25, 0.3) is 11.5 Å². The Hall–Kier alpha value is -3.65. The molecule has 8 heteroatoms. The minimum atomic E-state index is -0.505. The Morgan fingerprint density at radius 1 is 0.968 bits per heavy atom. The lowest BCUT2D eigenvalue weighted by atomic mass is 10.2. The summed E-state index contributed by atoms with van der Waals surface area (Å²) in [5, 5.41) is 0.395. The van der Waals surface area contributed by atoms with E-state index in [0.717, 1.165) is 4.47 Å². The van der Waals surface area contributed by atoms with Crippen molar-refractivity contribution in [3.8, 4) is 22.9 Å². The molecule has 0 bridgehead atoms. The number of amides is 1. The number of para-hydroxylation sites is 1. The van der Waals surface area contributed by atoms with Crippen LogP contribution in [0.3, 0.4) is 0 Å². The fourth-order valence-corrected chi connectivity index (χ4v) is 3.40. The maximum Gasteiger partial charge on any atom is 0.280 e. The monoisotopic (exact) mass is 479 g/mol. The number of hydrogen-bond acceptors (Lipinski definition) is 5. The van der Waals surface area contributed by atoms with Crippen LogP contribution in [-0.4, -0.2) is 29.8 Å². The molecular formula is C23H18BrN3O4. The van der Waals surface area contributed by atoms with E-state index >= 15 is 0 Å². The number of carbonyl (C=O) groups is 1. The Morgan fingerprint density at radius 3 is 2.26 bits per heavy atom. The summed E-state index contributed by atoms with van der Waals surface area (Å²) in [6.45, 7) is 0. The van der Waals surface area contributed by atoms with Gasteiger partial charge in [0.1, 0.15) is 11.5 Å². The van der Waals surface area contributed by atoms with Crippen molar-refractivity contribution in [1.82, 2.24) is 9.66 Å². The third-order valence-corrected chi connectivity index (χ3v) is 5.23. The SMILES string of the molecule is COc1cc(OC)cc(C(=O)Nn2c(-c3ccc(Br)cc3)nc3ccccc3c2=O)c1. The molecular weight excluding hydrogens is 462 g/mol. The molecule has 0 aliphatic carbocycles. The van der Waals surface area contributed by atoms with Gasteiger partial charge in [-0.1, -0.05) is 40.2 Å². The van der Waals surface area contributed by atoms with Crippen LogP contribution in [-0.2, 0) is 0 Å². The average molecular weight is 480 g/mol. The normalized spacial score (nSPS) is 10.7. The van der Waals surface area contributed by atoms with Crippen molar-refractivity contribution in [2.45, 2.75) is 0 Å². The molecule has 0 spiro atoms. The van der Waals surface area contributed by atoms with E-state index in [2.05, 4.69) is 26.3 Å². The molecule has 0 radical (unpaired) electrons. The molecule has 0 atom stereocenters. The standard InChI is InChI=1S/C23H18BrN3O4/c1-30-17-11-15(12-18(13-17)31-2)22(28)26-27-21(14-7-9-16(24)10-8-14)25-20-6-4-3-5-19(20)23(27)29/h3-13H,1-2H3,(H,26,28). The summed E-state index contributed by atoms with van der Waals surface area (Å²) < 4.78 is 12.5. The molecule has 1 heterocycles. The third-order valence-electron chi connectivity index (χ3n) is 4.71. The van der Waals surface area contributed by atoms with Crippen molar-refractivity contribution in [3.63, 3.8) is 0 Å². The third kappa shape index (κ3) is 4.15. The van der Waals surface area contributed by atoms with E-state index in [4.69, 9.17) is 9.47 Å². The molecule has 156 valence electrons. The van der Waals surface area contributed by atoms with Crippen LogP contribution < -0.4 is 20.5 Å². The summed E-state index contributed by atoms with van der Waals surface area (Å²) in [4.78, 5) is 30.9. The van der Waals surface area contributed by atoms with Crippen molar-refractivity contribution in [3.05, 3.63) is 87.1 Å². The van der Waals surface area contributed by atoms with Crippen molar-refractivity contribution in [1.29, 1.82) is 0 Å². The summed E-state index contributed by atoms with van der Waals surface area (Å²) >= 11 is 3.41. The van der Waals surface area contributed by atoms with Gasteiger partial charge in [-0.05, 0) is 36.4 Å². The van der Waals surface area contributed by atoms with Gasteiger partial charge in [0, 0.05) is 21.7 Å². The van der Waals surface area contributed by atoms with E-state index in [9.17, 15) is 9.59 Å². The van der Waals surface area contributed by atoms with Crippen LogP contribution in [0.15, 0.2) is 76.0 Å². The Kier molecular flexibility index (Phi) is 5.73. The molecule has 4 rings (SSSR count). The zero-order chi connectivity index (χ0) is 22.0. The van der Waals surface area contributed by atoms with Crippen LogP contribution >= 0.6 is 15.9 Å². The first kappa shape index (κ1) is 20.6. The molecule has 1 N–H and O–H groups in total. The summed E-state index contributed by atoms with van der Waals surface area (Å²) in [5.74, 6) is 0.734. The van der Waals surface area contributed by atoms with Crippen molar-refractivity contribution in [2.24, 2.45) is 0 Å². The minimum Gasteiger partial charge on any atom is -0.497 e. The van der Waals surface area contributed by atoms with E-state index in [1.807, 2.05) is 30.3 Å². The van der Waals surface area contributed by atoms with E-state index in [-0.39, 0.29) is 11.1 Å². The molecule has 1 amide bonds. The lowest BCUT2D eigenvalue weighted by molar-refractivity contribution is 0.101. The highest BCUT2D eigenvalue weighted by Gasteiger charge is 2.17. The number of ether oxygens (including phenoxy) is 2. The number of hydrogen-bond donors (Lipinski definition) is 1. The maximum atomic E-state index is 13.3. The van der Waals surface area contributed by atoms with Crippen LogP contribution in [0.5, 0.6) is 11.5 Å². The number of benzene rings is 3. The van der Waals surface area contributed by atoms with E-state index in [1.54, 1.807) is 36.4 Å². The molecule has 4 aromatic rings. The van der Waals surface area contributed by atoms with Crippen LogP contribution in [0.25, 0.3) is 22.3 Å². The molecule has 0 saturated heterocycles. The highest BCUT2D eigenvalue weighted by molar-refractivity contribution is 9.10. The summed E-state index contributed by atoms with van der Waals surface area (Å²) in [5.41, 5.74) is 3.79. The molecule has 0 fully saturated rings. The number of fused-ring (bicyclic) bond motifs is 1. The molecule has 1 aromatic heterocycles. The molecule has 0 aliphatic heterocycles.